The maximum absolute atomic E-state index is 11.1. The summed E-state index contributed by atoms with van der Waals surface area (Å²) in [5.41, 5.74) is -2.66. The molecular formula is C14H15NO8. The summed E-state index contributed by atoms with van der Waals surface area (Å²) in [6.45, 7) is 0.0138. The van der Waals surface area contributed by atoms with Crippen LogP contribution in [-0.4, -0.2) is 50.8 Å². The number of carbonyl (C=O) groups is 4. The molecule has 0 aliphatic carbocycles. The summed E-state index contributed by atoms with van der Waals surface area (Å²) in [5, 5.41) is 38.5. The molecule has 1 aromatic carbocycles. The minimum atomic E-state index is -2.92. The summed E-state index contributed by atoms with van der Waals surface area (Å²) in [7, 11) is 0. The molecule has 23 heavy (non-hydrogen) atoms. The minimum Gasteiger partial charge on any atom is -0.480 e. The summed E-state index contributed by atoms with van der Waals surface area (Å²) >= 11 is 0. The zero-order valence-corrected chi connectivity index (χ0v) is 11.9. The fourth-order valence-electron chi connectivity index (χ4n) is 2.00. The fourth-order valence-corrected chi connectivity index (χ4v) is 2.00. The lowest BCUT2D eigenvalue weighted by molar-refractivity contribution is -0.176. The average molecular weight is 325 g/mol. The second-order valence-corrected chi connectivity index (χ2v) is 4.70. The molecule has 0 aromatic heterocycles. The van der Waals surface area contributed by atoms with Crippen LogP contribution in [0.25, 0.3) is 0 Å². The van der Waals surface area contributed by atoms with Crippen molar-refractivity contribution in [3.63, 3.8) is 0 Å². The largest absolute Gasteiger partial charge is 0.480 e. The lowest BCUT2D eigenvalue weighted by Crippen LogP contribution is -2.46. The van der Waals surface area contributed by atoms with Crippen molar-refractivity contribution in [1.29, 1.82) is 0 Å². The number of aliphatic carboxylic acids is 3. The first-order valence-electron chi connectivity index (χ1n) is 6.50. The van der Waals surface area contributed by atoms with Crippen molar-refractivity contribution in [2.75, 3.05) is 11.9 Å². The molecule has 1 aromatic rings. The predicted molar refractivity (Wildman–Crippen MR) is 76.5 cm³/mol. The summed E-state index contributed by atoms with van der Waals surface area (Å²) in [6.07, 6.45) is -0.742. The Balaban J connectivity index is 2.76. The van der Waals surface area contributed by atoms with Crippen LogP contribution in [0.2, 0.25) is 0 Å². The number of carboxylic acid groups (broad SMARTS) is 4. The first-order valence-corrected chi connectivity index (χ1v) is 6.50. The standard InChI is InChI=1S/C14H15NO8/c16-10(17)8-4-1-2-5-9(8)15-7-3-6-14(11(18)19,12(20)21)13(22)23/h1-2,4-5,15H,3,6-7H2,(H,16,17)(H,18,19)(H,20,21)(H,22,23). The highest BCUT2D eigenvalue weighted by molar-refractivity contribution is 6.16. The number of rotatable bonds is 9. The first kappa shape index (κ1) is 18.0. The molecular weight excluding hydrogens is 310 g/mol. The highest BCUT2D eigenvalue weighted by Crippen LogP contribution is 2.26. The van der Waals surface area contributed by atoms with E-state index in [-0.39, 0.29) is 24.2 Å². The van der Waals surface area contributed by atoms with Crippen LogP contribution in [0.1, 0.15) is 23.2 Å². The highest BCUT2D eigenvalue weighted by atomic mass is 16.4. The van der Waals surface area contributed by atoms with Crippen LogP contribution < -0.4 is 5.32 Å². The van der Waals surface area contributed by atoms with Gasteiger partial charge in [0.15, 0.2) is 0 Å². The molecule has 0 saturated heterocycles. The van der Waals surface area contributed by atoms with E-state index in [1.165, 1.54) is 18.2 Å². The molecule has 5 N–H and O–H groups in total. The molecule has 0 heterocycles. The van der Waals surface area contributed by atoms with E-state index >= 15 is 0 Å². The Morgan fingerprint density at radius 3 is 1.91 bits per heavy atom. The Bertz CT molecular complexity index is 603. The number of aromatic carboxylic acids is 1. The SMILES string of the molecule is O=C(O)c1ccccc1NCCCC(C(=O)O)(C(=O)O)C(=O)O. The highest BCUT2D eigenvalue weighted by Gasteiger charge is 2.53. The van der Waals surface area contributed by atoms with Crippen molar-refractivity contribution in [2.45, 2.75) is 12.8 Å². The molecule has 0 aliphatic rings. The normalized spacial score (nSPS) is 10.8. The molecule has 0 radical (unpaired) electrons. The van der Waals surface area contributed by atoms with Crippen LogP contribution in [0.4, 0.5) is 5.69 Å². The maximum Gasteiger partial charge on any atom is 0.337 e. The van der Waals surface area contributed by atoms with Crippen molar-refractivity contribution in [1.82, 2.24) is 0 Å². The van der Waals surface area contributed by atoms with Gasteiger partial charge < -0.3 is 25.7 Å². The zero-order chi connectivity index (χ0) is 17.6. The van der Waals surface area contributed by atoms with Gasteiger partial charge in [-0.05, 0) is 25.0 Å². The van der Waals surface area contributed by atoms with E-state index in [1.807, 2.05) is 0 Å². The Hall–Kier alpha value is -3.10. The van der Waals surface area contributed by atoms with Gasteiger partial charge in [0.2, 0.25) is 0 Å². The third-order valence-electron chi connectivity index (χ3n) is 3.30. The number of hydrogen-bond donors (Lipinski definition) is 5. The molecule has 0 aliphatic heterocycles. The third kappa shape index (κ3) is 3.76. The summed E-state index contributed by atoms with van der Waals surface area (Å²) < 4.78 is 0. The first-order chi connectivity index (χ1) is 10.7. The van der Waals surface area contributed by atoms with Gasteiger partial charge in [0.25, 0.3) is 5.41 Å². The number of benzene rings is 1. The maximum atomic E-state index is 11.1. The molecule has 9 nitrogen and oxygen atoms in total. The second kappa shape index (κ2) is 7.25. The van der Waals surface area contributed by atoms with Gasteiger partial charge in [-0.3, -0.25) is 14.4 Å². The van der Waals surface area contributed by atoms with E-state index in [2.05, 4.69) is 5.32 Å². The lowest BCUT2D eigenvalue weighted by atomic mass is 9.83. The number of nitrogens with one attached hydrogen (secondary N) is 1. The van der Waals surface area contributed by atoms with Crippen LogP contribution in [0, 0.1) is 5.41 Å². The lowest BCUT2D eigenvalue weighted by Gasteiger charge is -2.20. The van der Waals surface area contributed by atoms with E-state index < -0.39 is 35.7 Å². The molecule has 0 unspecified atom stereocenters. The number of hydrogen-bond acceptors (Lipinski definition) is 5. The second-order valence-electron chi connectivity index (χ2n) is 4.70. The summed E-state index contributed by atoms with van der Waals surface area (Å²) in [5.74, 6) is -7.03. The predicted octanol–water partition coefficient (Wildman–Crippen LogP) is 0.817. The fraction of sp³-hybridized carbons (Fsp3) is 0.286. The molecule has 0 spiro atoms. The smallest absolute Gasteiger partial charge is 0.337 e. The van der Waals surface area contributed by atoms with Crippen molar-refractivity contribution in [2.24, 2.45) is 5.41 Å². The molecule has 0 amide bonds. The molecule has 124 valence electrons. The summed E-state index contributed by atoms with van der Waals surface area (Å²) in [4.78, 5) is 44.2. The van der Waals surface area contributed by atoms with Crippen LogP contribution >= 0.6 is 0 Å². The van der Waals surface area contributed by atoms with Gasteiger partial charge in [-0.15, -0.1) is 0 Å². The molecule has 9 heteroatoms. The topological polar surface area (TPSA) is 161 Å². The molecule has 0 atom stereocenters. The number of anilines is 1. The van der Waals surface area contributed by atoms with Gasteiger partial charge in [0, 0.05) is 12.2 Å². The van der Waals surface area contributed by atoms with E-state index in [1.54, 1.807) is 6.07 Å². The third-order valence-corrected chi connectivity index (χ3v) is 3.30. The van der Waals surface area contributed by atoms with E-state index in [0.29, 0.717) is 0 Å². The number of carboxylic acids is 4. The van der Waals surface area contributed by atoms with E-state index in [4.69, 9.17) is 20.4 Å². The van der Waals surface area contributed by atoms with E-state index in [9.17, 15) is 19.2 Å². The van der Waals surface area contributed by atoms with Crippen LogP contribution in [0.3, 0.4) is 0 Å². The Morgan fingerprint density at radius 2 is 1.43 bits per heavy atom. The van der Waals surface area contributed by atoms with E-state index in [0.717, 1.165) is 0 Å². The molecule has 0 bridgehead atoms. The average Bonchev–Trinajstić information content (AvgIpc) is 2.46. The monoisotopic (exact) mass is 325 g/mol. The Kier molecular flexibility index (Phi) is 5.66. The van der Waals surface area contributed by atoms with Crippen LogP contribution in [0.15, 0.2) is 24.3 Å². The minimum absolute atomic E-state index is 0.00605. The molecule has 0 saturated carbocycles. The van der Waals surface area contributed by atoms with Crippen molar-refractivity contribution in [3.8, 4) is 0 Å². The molecule has 0 fully saturated rings. The van der Waals surface area contributed by atoms with Gasteiger partial charge >= 0.3 is 23.9 Å². The van der Waals surface area contributed by atoms with Gasteiger partial charge in [-0.25, -0.2) is 4.79 Å². The van der Waals surface area contributed by atoms with Gasteiger partial charge in [-0.2, -0.15) is 0 Å². The Labute approximate surface area is 130 Å². The van der Waals surface area contributed by atoms with Gasteiger partial charge in [0.05, 0.1) is 5.56 Å². The summed E-state index contributed by atoms with van der Waals surface area (Å²) in [6, 6.07) is 5.97. The number of para-hydroxylation sites is 1. The van der Waals surface area contributed by atoms with Crippen LogP contribution in [-0.2, 0) is 14.4 Å². The van der Waals surface area contributed by atoms with Crippen molar-refractivity contribution in [3.05, 3.63) is 29.8 Å². The Morgan fingerprint density at radius 1 is 0.913 bits per heavy atom. The van der Waals surface area contributed by atoms with Crippen molar-refractivity contribution < 1.29 is 39.6 Å². The molecule has 1 rings (SSSR count). The van der Waals surface area contributed by atoms with Gasteiger partial charge in [-0.1, -0.05) is 12.1 Å². The van der Waals surface area contributed by atoms with Crippen LogP contribution in [0.5, 0.6) is 0 Å². The quantitative estimate of drug-likeness (QED) is 0.327. The van der Waals surface area contributed by atoms with Gasteiger partial charge in [0.1, 0.15) is 0 Å². The zero-order valence-electron chi connectivity index (χ0n) is 11.9. The van der Waals surface area contributed by atoms with Crippen molar-refractivity contribution >= 4 is 29.6 Å².